The molecule has 1 rings (SSSR count). The summed E-state index contributed by atoms with van der Waals surface area (Å²) in [6.45, 7) is 15.0. The Morgan fingerprint density at radius 2 is 1.66 bits per heavy atom. The molecule has 2 amide bonds. The molecule has 0 spiro atoms. The number of aliphatic carboxylic acids is 1. The lowest BCUT2D eigenvalue weighted by Gasteiger charge is -2.40. The van der Waals surface area contributed by atoms with Gasteiger partial charge in [0, 0.05) is 23.7 Å². The minimum Gasteiger partial charge on any atom is -0.478 e. The summed E-state index contributed by atoms with van der Waals surface area (Å²) in [5.74, 6) is -1.64. The van der Waals surface area contributed by atoms with Gasteiger partial charge in [-0.1, -0.05) is 66.7 Å². The van der Waals surface area contributed by atoms with E-state index in [2.05, 4.69) is 10.6 Å². The number of hydrogen-bond donors (Lipinski definition) is 4. The van der Waals surface area contributed by atoms with Gasteiger partial charge in [0.2, 0.25) is 11.8 Å². The number of nitrogens with one attached hydrogen (secondary N) is 2. The number of hydrogen-bond acceptors (Lipinski definition) is 5. The Balaban J connectivity index is 3.32. The first kappa shape index (κ1) is 30.2. The second-order valence-corrected chi connectivity index (χ2v) is 11.2. The highest BCUT2D eigenvalue weighted by Gasteiger charge is 2.41. The van der Waals surface area contributed by atoms with Crippen molar-refractivity contribution < 1.29 is 19.5 Å². The highest BCUT2D eigenvalue weighted by Crippen LogP contribution is 2.30. The second kappa shape index (κ2) is 11.7. The number of likely N-dealkylation sites (N-methyl/N-ethyl adjacent to an activating group) is 2. The van der Waals surface area contributed by atoms with Crippen molar-refractivity contribution in [3.05, 3.63) is 41.5 Å². The fourth-order valence-corrected chi connectivity index (χ4v) is 4.23. The van der Waals surface area contributed by atoms with Gasteiger partial charge in [-0.15, -0.1) is 0 Å². The van der Waals surface area contributed by atoms with E-state index in [4.69, 9.17) is 5.73 Å². The minimum absolute atomic E-state index is 0.0258. The van der Waals surface area contributed by atoms with Crippen molar-refractivity contribution in [1.29, 1.82) is 0 Å². The van der Waals surface area contributed by atoms with Gasteiger partial charge in [-0.25, -0.2) is 4.79 Å². The van der Waals surface area contributed by atoms with Crippen LogP contribution in [0.25, 0.3) is 0 Å². The van der Waals surface area contributed by atoms with E-state index in [0.29, 0.717) is 5.69 Å². The van der Waals surface area contributed by atoms with Gasteiger partial charge in [-0.3, -0.25) is 9.59 Å². The van der Waals surface area contributed by atoms with Gasteiger partial charge in [-0.2, -0.15) is 0 Å². The van der Waals surface area contributed by atoms with Crippen LogP contribution in [-0.2, 0) is 19.8 Å². The lowest BCUT2D eigenvalue weighted by Crippen LogP contribution is -2.61. The van der Waals surface area contributed by atoms with Crippen molar-refractivity contribution >= 4 is 23.5 Å². The topological polar surface area (TPSA) is 125 Å². The second-order valence-electron chi connectivity index (χ2n) is 11.2. The first-order valence-electron chi connectivity index (χ1n) is 12.0. The van der Waals surface area contributed by atoms with E-state index >= 15 is 0 Å². The molecule has 0 unspecified atom stereocenters. The molecule has 0 bridgehead atoms. The standard InChI is InChI=1S/C27H44N4O4/c1-16(2)20(14-17(3)25(34)35)31(10)24(33)22(26(4,5)6)30-23(32)21(29-9)27(7,8)18-12-11-13-19(28)15-18/h11-16,20-22,29H,28H2,1-10H3,(H,30,32)(H,34,35)/t20-,21-,22+/m1/s1. The molecule has 8 heteroatoms. The smallest absolute Gasteiger partial charge is 0.331 e. The van der Waals surface area contributed by atoms with Crippen LogP contribution in [-0.4, -0.2) is 60.0 Å². The number of amides is 2. The van der Waals surface area contributed by atoms with E-state index in [9.17, 15) is 19.5 Å². The SMILES string of the molecule is CN[C@H](C(=O)N[C@@H](C(=O)N(C)[C@H](C=C(C)C(=O)O)C(C)C)C(C)(C)C)C(C)(C)c1cccc(N)c1. The van der Waals surface area contributed by atoms with E-state index in [1.807, 2.05) is 66.7 Å². The highest BCUT2D eigenvalue weighted by molar-refractivity contribution is 5.91. The maximum atomic E-state index is 13.7. The largest absolute Gasteiger partial charge is 0.478 e. The number of carboxylic acids is 1. The highest BCUT2D eigenvalue weighted by atomic mass is 16.4. The van der Waals surface area contributed by atoms with Gasteiger partial charge in [-0.05, 0) is 43.0 Å². The number of carbonyl (C=O) groups excluding carboxylic acids is 2. The molecule has 35 heavy (non-hydrogen) atoms. The van der Waals surface area contributed by atoms with Crippen LogP contribution in [0, 0.1) is 11.3 Å². The predicted molar refractivity (Wildman–Crippen MR) is 141 cm³/mol. The third kappa shape index (κ3) is 7.56. The zero-order valence-corrected chi connectivity index (χ0v) is 22.9. The van der Waals surface area contributed by atoms with Crippen molar-refractivity contribution in [3.63, 3.8) is 0 Å². The fourth-order valence-electron chi connectivity index (χ4n) is 4.23. The van der Waals surface area contributed by atoms with Crippen LogP contribution in [0.15, 0.2) is 35.9 Å². The van der Waals surface area contributed by atoms with Crippen molar-refractivity contribution in [1.82, 2.24) is 15.5 Å². The molecule has 3 atom stereocenters. The Labute approximate surface area is 210 Å². The number of benzene rings is 1. The van der Waals surface area contributed by atoms with Crippen LogP contribution in [0.1, 0.15) is 61.0 Å². The lowest BCUT2D eigenvalue weighted by molar-refractivity contribution is -0.141. The number of nitrogen functional groups attached to an aromatic ring is 1. The van der Waals surface area contributed by atoms with Crippen LogP contribution >= 0.6 is 0 Å². The number of carbonyl (C=O) groups is 3. The minimum atomic E-state index is -1.03. The van der Waals surface area contributed by atoms with Gasteiger partial charge in [0.1, 0.15) is 6.04 Å². The molecule has 0 fully saturated rings. The number of nitrogens with two attached hydrogens (primary N) is 1. The van der Waals surface area contributed by atoms with E-state index in [-0.39, 0.29) is 23.3 Å². The van der Waals surface area contributed by atoms with Crippen molar-refractivity contribution in [2.75, 3.05) is 19.8 Å². The maximum Gasteiger partial charge on any atom is 0.331 e. The summed E-state index contributed by atoms with van der Waals surface area (Å²) in [7, 11) is 3.36. The quantitative estimate of drug-likeness (QED) is 0.296. The fraction of sp³-hybridized carbons (Fsp3) is 0.593. The molecule has 1 aromatic rings. The summed E-state index contributed by atoms with van der Waals surface area (Å²) in [5.41, 5.74) is 6.45. The first-order valence-corrected chi connectivity index (χ1v) is 12.0. The van der Waals surface area contributed by atoms with Gasteiger partial charge in [0.25, 0.3) is 0 Å². The number of anilines is 1. The van der Waals surface area contributed by atoms with Gasteiger partial charge < -0.3 is 26.4 Å². The zero-order valence-electron chi connectivity index (χ0n) is 22.9. The van der Waals surface area contributed by atoms with Crippen molar-refractivity contribution in [2.45, 2.75) is 78.9 Å². The molecule has 1 aromatic carbocycles. The molecular weight excluding hydrogens is 444 g/mol. The van der Waals surface area contributed by atoms with Gasteiger partial charge >= 0.3 is 5.97 Å². The molecule has 0 aliphatic rings. The molecule has 0 aliphatic heterocycles. The zero-order chi connectivity index (χ0) is 27.3. The Morgan fingerprint density at radius 3 is 2.09 bits per heavy atom. The monoisotopic (exact) mass is 488 g/mol. The Bertz CT molecular complexity index is 947. The number of rotatable bonds is 10. The summed E-state index contributed by atoms with van der Waals surface area (Å²) >= 11 is 0. The lowest BCUT2D eigenvalue weighted by atomic mass is 9.76. The molecule has 196 valence electrons. The van der Waals surface area contributed by atoms with Crippen LogP contribution in [0.4, 0.5) is 5.69 Å². The summed E-state index contributed by atoms with van der Waals surface area (Å²) in [4.78, 5) is 40.2. The van der Waals surface area contributed by atoms with Crippen LogP contribution in [0.3, 0.4) is 0 Å². The van der Waals surface area contributed by atoms with Crippen molar-refractivity contribution in [2.24, 2.45) is 11.3 Å². The molecule has 0 heterocycles. The van der Waals surface area contributed by atoms with Crippen LogP contribution in [0.2, 0.25) is 0 Å². The Hall–Kier alpha value is -2.87. The molecular formula is C27H44N4O4. The average Bonchev–Trinajstić information content (AvgIpc) is 2.73. The Kier molecular flexibility index (Phi) is 10.1. The van der Waals surface area contributed by atoms with E-state index in [1.165, 1.54) is 11.8 Å². The third-order valence-corrected chi connectivity index (χ3v) is 6.54. The summed E-state index contributed by atoms with van der Waals surface area (Å²) in [6, 6.07) is 5.52. The van der Waals surface area contributed by atoms with E-state index in [1.54, 1.807) is 26.2 Å². The third-order valence-electron chi connectivity index (χ3n) is 6.54. The summed E-state index contributed by atoms with van der Waals surface area (Å²) in [6.07, 6.45) is 1.59. The average molecular weight is 489 g/mol. The summed E-state index contributed by atoms with van der Waals surface area (Å²) < 4.78 is 0. The van der Waals surface area contributed by atoms with E-state index < -0.39 is 34.9 Å². The molecule has 0 radical (unpaired) electrons. The maximum absolute atomic E-state index is 13.7. The molecule has 0 aromatic heterocycles. The molecule has 5 N–H and O–H groups in total. The number of carboxylic acid groups (broad SMARTS) is 1. The van der Waals surface area contributed by atoms with E-state index in [0.717, 1.165) is 5.56 Å². The van der Waals surface area contributed by atoms with Gasteiger partial charge in [0.15, 0.2) is 0 Å². The molecule has 8 nitrogen and oxygen atoms in total. The molecule has 0 saturated heterocycles. The normalized spacial score (nSPS) is 15.3. The van der Waals surface area contributed by atoms with Gasteiger partial charge in [0.05, 0.1) is 12.1 Å². The Morgan fingerprint density at radius 1 is 1.09 bits per heavy atom. The molecule has 0 aliphatic carbocycles. The van der Waals surface area contributed by atoms with Crippen molar-refractivity contribution in [3.8, 4) is 0 Å². The van der Waals surface area contributed by atoms with Crippen LogP contribution < -0.4 is 16.4 Å². The predicted octanol–water partition coefficient (Wildman–Crippen LogP) is 3.18. The molecule has 0 saturated carbocycles. The van der Waals surface area contributed by atoms with Crippen LogP contribution in [0.5, 0.6) is 0 Å². The number of nitrogens with zero attached hydrogens (tertiary/aromatic N) is 1. The summed E-state index contributed by atoms with van der Waals surface area (Å²) in [5, 5.41) is 15.4. The first-order chi connectivity index (χ1) is 15.9.